The summed E-state index contributed by atoms with van der Waals surface area (Å²) in [5.74, 6) is 5.47. The fraction of sp³-hybridized carbons (Fsp3) is 0.500. The summed E-state index contributed by atoms with van der Waals surface area (Å²) in [6, 6.07) is 3.62. The number of sulfonamides is 1. The van der Waals surface area contributed by atoms with E-state index in [1.54, 1.807) is 0 Å². The van der Waals surface area contributed by atoms with E-state index in [1.807, 2.05) is 13.8 Å². The summed E-state index contributed by atoms with van der Waals surface area (Å²) in [7, 11) is -3.96. The standard InChI is InChI=1S/C12H18N4O4S/c1-12(2)6-8(12)7-14-21(19,20)11-5-9(15-13)3-4-10(11)16(17)18/h3-5,8,14-15H,6-7,13H2,1-2H3. The molecule has 1 unspecified atom stereocenters. The maximum atomic E-state index is 12.3. The van der Waals surface area contributed by atoms with Gasteiger partial charge in [0.15, 0.2) is 4.90 Å². The maximum Gasteiger partial charge on any atom is 0.289 e. The maximum absolute atomic E-state index is 12.3. The summed E-state index contributed by atoms with van der Waals surface area (Å²) in [4.78, 5) is 9.87. The highest BCUT2D eigenvalue weighted by molar-refractivity contribution is 7.89. The van der Waals surface area contributed by atoms with Crippen LogP contribution in [0.25, 0.3) is 0 Å². The number of nitrogen functional groups attached to an aromatic ring is 1. The van der Waals surface area contributed by atoms with Crippen molar-refractivity contribution in [3.8, 4) is 0 Å². The van der Waals surface area contributed by atoms with Crippen LogP contribution in [-0.4, -0.2) is 19.9 Å². The molecule has 0 bridgehead atoms. The Morgan fingerprint density at radius 3 is 2.57 bits per heavy atom. The fourth-order valence-corrected chi connectivity index (χ4v) is 3.46. The second-order valence-electron chi connectivity index (χ2n) is 5.83. The number of nitrogens with one attached hydrogen (secondary N) is 2. The van der Waals surface area contributed by atoms with Crippen LogP contribution in [0.1, 0.15) is 20.3 Å². The lowest BCUT2D eigenvalue weighted by molar-refractivity contribution is -0.387. The van der Waals surface area contributed by atoms with Crippen LogP contribution >= 0.6 is 0 Å². The van der Waals surface area contributed by atoms with E-state index in [0.29, 0.717) is 0 Å². The monoisotopic (exact) mass is 314 g/mol. The van der Waals surface area contributed by atoms with Crippen molar-refractivity contribution in [2.75, 3.05) is 12.0 Å². The van der Waals surface area contributed by atoms with Crippen molar-refractivity contribution in [3.05, 3.63) is 28.3 Å². The Morgan fingerprint density at radius 1 is 1.48 bits per heavy atom. The number of nitro benzene ring substituents is 1. The molecule has 1 saturated carbocycles. The molecule has 0 saturated heterocycles. The zero-order chi connectivity index (χ0) is 15.8. The Morgan fingerprint density at radius 2 is 2.10 bits per heavy atom. The summed E-state index contributed by atoms with van der Waals surface area (Å²) in [6.45, 7) is 4.37. The van der Waals surface area contributed by atoms with Gasteiger partial charge in [-0.25, -0.2) is 13.1 Å². The fourth-order valence-electron chi connectivity index (χ4n) is 2.18. The molecule has 2 rings (SSSR count). The first-order valence-electron chi connectivity index (χ1n) is 6.42. The highest BCUT2D eigenvalue weighted by atomic mass is 32.2. The molecule has 0 aliphatic heterocycles. The molecular formula is C12H18N4O4S. The molecule has 9 heteroatoms. The number of nitrogens with zero attached hydrogens (tertiary/aromatic N) is 1. The van der Waals surface area contributed by atoms with Crippen molar-refractivity contribution in [1.29, 1.82) is 0 Å². The molecule has 4 N–H and O–H groups in total. The molecule has 8 nitrogen and oxygen atoms in total. The molecule has 1 atom stereocenters. The third-order valence-corrected chi connectivity index (χ3v) is 5.30. The Kier molecular flexibility index (Phi) is 3.91. The predicted octanol–water partition coefficient (Wildman–Crippen LogP) is 1.20. The normalized spacial score (nSPS) is 20.0. The van der Waals surface area contributed by atoms with E-state index in [2.05, 4.69) is 10.1 Å². The second-order valence-corrected chi connectivity index (χ2v) is 7.56. The van der Waals surface area contributed by atoms with E-state index < -0.39 is 20.6 Å². The number of benzene rings is 1. The van der Waals surface area contributed by atoms with E-state index in [0.717, 1.165) is 18.6 Å². The summed E-state index contributed by atoms with van der Waals surface area (Å²) in [6.07, 6.45) is 0.933. The molecule has 0 spiro atoms. The Labute approximate surface area is 122 Å². The highest BCUT2D eigenvalue weighted by Gasteiger charge is 2.45. The van der Waals surface area contributed by atoms with Crippen molar-refractivity contribution >= 4 is 21.4 Å². The van der Waals surface area contributed by atoms with Crippen molar-refractivity contribution in [1.82, 2.24) is 4.72 Å². The Bertz CT molecular complexity index is 672. The van der Waals surface area contributed by atoms with Gasteiger partial charge in [-0.3, -0.25) is 16.0 Å². The van der Waals surface area contributed by atoms with Gasteiger partial charge >= 0.3 is 0 Å². The zero-order valence-electron chi connectivity index (χ0n) is 11.8. The molecule has 1 aliphatic carbocycles. The second kappa shape index (κ2) is 5.24. The van der Waals surface area contributed by atoms with E-state index in [1.165, 1.54) is 6.07 Å². The first-order chi connectivity index (χ1) is 9.67. The molecule has 0 heterocycles. The number of nitrogens with two attached hydrogens (primary N) is 1. The number of hydrazine groups is 1. The van der Waals surface area contributed by atoms with Crippen LogP contribution in [-0.2, 0) is 10.0 Å². The molecule has 1 aromatic rings. The largest absolute Gasteiger partial charge is 0.324 e. The van der Waals surface area contributed by atoms with E-state index in [9.17, 15) is 18.5 Å². The van der Waals surface area contributed by atoms with Gasteiger partial charge in [-0.1, -0.05) is 13.8 Å². The lowest BCUT2D eigenvalue weighted by Gasteiger charge is -2.09. The topological polar surface area (TPSA) is 127 Å². The van der Waals surface area contributed by atoms with Gasteiger partial charge in [0.2, 0.25) is 10.0 Å². The quantitative estimate of drug-likeness (QED) is 0.411. The minimum absolute atomic E-state index is 0.120. The van der Waals surface area contributed by atoms with Gasteiger partial charge in [0.1, 0.15) is 0 Å². The first-order valence-corrected chi connectivity index (χ1v) is 7.90. The predicted molar refractivity (Wildman–Crippen MR) is 78.0 cm³/mol. The molecule has 21 heavy (non-hydrogen) atoms. The zero-order valence-corrected chi connectivity index (χ0v) is 12.6. The van der Waals surface area contributed by atoms with Crippen molar-refractivity contribution in [2.24, 2.45) is 17.2 Å². The van der Waals surface area contributed by atoms with Crippen LogP contribution in [0.2, 0.25) is 0 Å². The number of hydrogen-bond acceptors (Lipinski definition) is 6. The van der Waals surface area contributed by atoms with Gasteiger partial charge in [-0.2, -0.15) is 0 Å². The van der Waals surface area contributed by atoms with Crippen molar-refractivity contribution < 1.29 is 13.3 Å². The Balaban J connectivity index is 2.27. The lowest BCUT2D eigenvalue weighted by Crippen LogP contribution is -2.27. The number of nitro groups is 1. The molecule has 1 aliphatic rings. The van der Waals surface area contributed by atoms with Crippen molar-refractivity contribution in [2.45, 2.75) is 25.2 Å². The van der Waals surface area contributed by atoms with E-state index in [4.69, 9.17) is 5.84 Å². The molecule has 1 fully saturated rings. The summed E-state index contributed by atoms with van der Waals surface area (Å²) in [5, 5.41) is 11.0. The Hall–Kier alpha value is -1.71. The number of hydrogen-bond donors (Lipinski definition) is 3. The van der Waals surface area contributed by atoms with Crippen molar-refractivity contribution in [3.63, 3.8) is 0 Å². The van der Waals surface area contributed by atoms with Crippen LogP contribution in [0.5, 0.6) is 0 Å². The molecular weight excluding hydrogens is 296 g/mol. The molecule has 0 radical (unpaired) electrons. The van der Waals surface area contributed by atoms with Crippen LogP contribution < -0.4 is 16.0 Å². The average molecular weight is 314 g/mol. The first kappa shape index (κ1) is 15.7. The van der Waals surface area contributed by atoms with E-state index >= 15 is 0 Å². The smallest absolute Gasteiger partial charge is 0.289 e. The van der Waals surface area contributed by atoms with Crippen LogP contribution in [0, 0.1) is 21.4 Å². The number of anilines is 1. The van der Waals surface area contributed by atoms with Gasteiger partial charge in [0.25, 0.3) is 5.69 Å². The molecule has 0 amide bonds. The van der Waals surface area contributed by atoms with Gasteiger partial charge < -0.3 is 5.43 Å². The molecule has 0 aromatic heterocycles. The minimum Gasteiger partial charge on any atom is -0.324 e. The van der Waals surface area contributed by atoms with Gasteiger partial charge in [-0.05, 0) is 29.9 Å². The summed E-state index contributed by atoms with van der Waals surface area (Å²) < 4.78 is 27.0. The SMILES string of the molecule is CC1(C)CC1CNS(=O)(=O)c1cc(NN)ccc1[N+](=O)[O-]. The van der Waals surface area contributed by atoms with E-state index in [-0.39, 0.29) is 28.5 Å². The minimum atomic E-state index is -3.96. The average Bonchev–Trinajstić information content (AvgIpc) is 3.03. The molecule has 116 valence electrons. The van der Waals surface area contributed by atoms with Gasteiger partial charge in [-0.15, -0.1) is 0 Å². The van der Waals surface area contributed by atoms with Crippen LogP contribution in [0.15, 0.2) is 23.1 Å². The van der Waals surface area contributed by atoms with Gasteiger partial charge in [0, 0.05) is 12.6 Å². The molecule has 1 aromatic carbocycles. The van der Waals surface area contributed by atoms with Crippen LogP contribution in [0.4, 0.5) is 11.4 Å². The van der Waals surface area contributed by atoms with Gasteiger partial charge in [0.05, 0.1) is 10.6 Å². The van der Waals surface area contributed by atoms with Crippen LogP contribution in [0.3, 0.4) is 0 Å². The third kappa shape index (κ3) is 3.31. The number of rotatable bonds is 6. The third-order valence-electron chi connectivity index (χ3n) is 3.85. The summed E-state index contributed by atoms with van der Waals surface area (Å²) in [5.41, 5.74) is 2.21. The lowest BCUT2D eigenvalue weighted by atomic mass is 10.1. The summed E-state index contributed by atoms with van der Waals surface area (Å²) >= 11 is 0. The highest BCUT2D eigenvalue weighted by Crippen LogP contribution is 2.51.